The SMILES string of the molecule is CCCC(NC(=O)c1ccccc1-c1nn[nH]n1)c1cccs1. The molecule has 2 heterocycles. The zero-order valence-corrected chi connectivity index (χ0v) is 13.5. The van der Waals surface area contributed by atoms with E-state index < -0.39 is 0 Å². The Bertz CT molecular complexity index is 755. The van der Waals surface area contributed by atoms with Crippen molar-refractivity contribution in [1.82, 2.24) is 25.9 Å². The van der Waals surface area contributed by atoms with Gasteiger partial charge in [0.25, 0.3) is 5.91 Å². The third-order valence-electron chi connectivity index (χ3n) is 3.53. The van der Waals surface area contributed by atoms with E-state index in [2.05, 4.69) is 38.9 Å². The monoisotopic (exact) mass is 327 g/mol. The Morgan fingerprint density at radius 1 is 1.30 bits per heavy atom. The van der Waals surface area contributed by atoms with E-state index in [0.717, 1.165) is 17.7 Å². The van der Waals surface area contributed by atoms with Crippen molar-refractivity contribution < 1.29 is 4.79 Å². The maximum Gasteiger partial charge on any atom is 0.252 e. The number of aromatic amines is 1. The standard InChI is InChI=1S/C16H17N5OS/c1-2-6-13(14-9-5-10-23-14)17-16(22)12-8-4-3-7-11(12)15-18-20-21-19-15/h3-5,7-10,13H,2,6H2,1H3,(H,17,22)(H,18,19,20,21). The number of hydrogen-bond acceptors (Lipinski definition) is 5. The van der Waals surface area contributed by atoms with Crippen LogP contribution in [0.25, 0.3) is 11.4 Å². The van der Waals surface area contributed by atoms with Crippen LogP contribution in [-0.4, -0.2) is 26.5 Å². The average molecular weight is 327 g/mol. The summed E-state index contributed by atoms with van der Waals surface area (Å²) in [5.41, 5.74) is 1.21. The molecule has 3 aromatic rings. The third kappa shape index (κ3) is 3.45. The lowest BCUT2D eigenvalue weighted by Crippen LogP contribution is -2.28. The molecule has 2 aromatic heterocycles. The largest absolute Gasteiger partial charge is 0.344 e. The van der Waals surface area contributed by atoms with Crippen molar-refractivity contribution in [2.75, 3.05) is 0 Å². The van der Waals surface area contributed by atoms with Gasteiger partial charge in [-0.15, -0.1) is 21.5 Å². The molecule has 1 atom stereocenters. The highest BCUT2D eigenvalue weighted by molar-refractivity contribution is 7.10. The normalized spacial score (nSPS) is 12.0. The fourth-order valence-electron chi connectivity index (χ4n) is 2.45. The van der Waals surface area contributed by atoms with E-state index >= 15 is 0 Å². The Morgan fingerprint density at radius 3 is 2.87 bits per heavy atom. The molecule has 23 heavy (non-hydrogen) atoms. The lowest BCUT2D eigenvalue weighted by atomic mass is 10.0. The number of benzene rings is 1. The lowest BCUT2D eigenvalue weighted by molar-refractivity contribution is 0.0936. The van der Waals surface area contributed by atoms with Crippen molar-refractivity contribution in [2.45, 2.75) is 25.8 Å². The summed E-state index contributed by atoms with van der Waals surface area (Å²) >= 11 is 1.66. The predicted molar refractivity (Wildman–Crippen MR) is 89.0 cm³/mol. The van der Waals surface area contributed by atoms with Crippen LogP contribution in [0.3, 0.4) is 0 Å². The van der Waals surface area contributed by atoms with Gasteiger partial charge in [-0.1, -0.05) is 37.6 Å². The Balaban J connectivity index is 1.86. The molecular weight excluding hydrogens is 310 g/mol. The average Bonchev–Trinajstić information content (AvgIpc) is 3.28. The number of nitrogens with zero attached hydrogens (tertiary/aromatic N) is 3. The number of rotatable bonds is 6. The van der Waals surface area contributed by atoms with Crippen molar-refractivity contribution in [2.24, 2.45) is 0 Å². The van der Waals surface area contributed by atoms with Crippen LogP contribution < -0.4 is 5.32 Å². The molecule has 0 fully saturated rings. The highest BCUT2D eigenvalue weighted by atomic mass is 32.1. The first-order valence-electron chi connectivity index (χ1n) is 7.46. The first kappa shape index (κ1) is 15.4. The summed E-state index contributed by atoms with van der Waals surface area (Å²) in [6.07, 6.45) is 1.89. The van der Waals surface area contributed by atoms with Crippen molar-refractivity contribution in [3.8, 4) is 11.4 Å². The number of hydrogen-bond donors (Lipinski definition) is 2. The molecular formula is C16H17N5OS. The second-order valence-corrected chi connectivity index (χ2v) is 6.09. The maximum atomic E-state index is 12.7. The molecule has 0 radical (unpaired) electrons. The van der Waals surface area contributed by atoms with Crippen LogP contribution in [0.5, 0.6) is 0 Å². The van der Waals surface area contributed by atoms with E-state index in [1.807, 2.05) is 29.6 Å². The van der Waals surface area contributed by atoms with Gasteiger partial charge >= 0.3 is 0 Å². The summed E-state index contributed by atoms with van der Waals surface area (Å²) in [5.74, 6) is 0.288. The fourth-order valence-corrected chi connectivity index (χ4v) is 3.26. The van der Waals surface area contributed by atoms with Crippen LogP contribution in [0.15, 0.2) is 41.8 Å². The van der Waals surface area contributed by atoms with Gasteiger partial charge in [0, 0.05) is 10.4 Å². The minimum atomic E-state index is -0.128. The van der Waals surface area contributed by atoms with Gasteiger partial charge in [0.1, 0.15) is 0 Å². The number of amides is 1. The molecule has 0 bridgehead atoms. The molecule has 2 N–H and O–H groups in total. The van der Waals surface area contributed by atoms with Crippen LogP contribution in [0, 0.1) is 0 Å². The quantitative estimate of drug-likeness (QED) is 0.728. The molecule has 3 rings (SSSR count). The van der Waals surface area contributed by atoms with Crippen molar-refractivity contribution in [3.05, 3.63) is 52.2 Å². The molecule has 7 heteroatoms. The summed E-state index contributed by atoms with van der Waals surface area (Å²) in [6.45, 7) is 2.11. The Kier molecular flexibility index (Phi) is 4.77. The van der Waals surface area contributed by atoms with Crippen molar-refractivity contribution >= 4 is 17.2 Å². The summed E-state index contributed by atoms with van der Waals surface area (Å²) in [4.78, 5) is 13.9. The molecule has 0 saturated carbocycles. The van der Waals surface area contributed by atoms with Crippen LogP contribution >= 0.6 is 11.3 Å². The molecule has 1 amide bonds. The minimum absolute atomic E-state index is 0.0193. The Morgan fingerprint density at radius 2 is 2.17 bits per heavy atom. The van der Waals surface area contributed by atoms with Gasteiger partial charge in [-0.2, -0.15) is 5.21 Å². The second-order valence-electron chi connectivity index (χ2n) is 5.11. The molecule has 0 saturated heterocycles. The summed E-state index contributed by atoms with van der Waals surface area (Å²) in [7, 11) is 0. The number of carbonyl (C=O) groups is 1. The van der Waals surface area contributed by atoms with Gasteiger partial charge in [0.15, 0.2) is 0 Å². The predicted octanol–water partition coefficient (Wildman–Crippen LogP) is 3.20. The number of H-pyrrole nitrogens is 1. The topological polar surface area (TPSA) is 83.6 Å². The van der Waals surface area contributed by atoms with Crippen LogP contribution in [0.2, 0.25) is 0 Å². The number of carbonyl (C=O) groups excluding carboxylic acids is 1. The van der Waals surface area contributed by atoms with Crippen molar-refractivity contribution in [1.29, 1.82) is 0 Å². The Labute approximate surface area is 137 Å². The Hall–Kier alpha value is -2.54. The van der Waals surface area contributed by atoms with Gasteiger partial charge in [0.2, 0.25) is 5.82 Å². The highest BCUT2D eigenvalue weighted by Gasteiger charge is 2.19. The third-order valence-corrected chi connectivity index (χ3v) is 4.51. The first-order chi connectivity index (χ1) is 11.3. The first-order valence-corrected chi connectivity index (χ1v) is 8.34. The van der Waals surface area contributed by atoms with Crippen molar-refractivity contribution in [3.63, 3.8) is 0 Å². The van der Waals surface area contributed by atoms with E-state index in [0.29, 0.717) is 17.0 Å². The smallest absolute Gasteiger partial charge is 0.252 e. The molecule has 0 aliphatic rings. The van der Waals surface area contributed by atoms with E-state index in [-0.39, 0.29) is 11.9 Å². The molecule has 0 aliphatic heterocycles. The van der Waals surface area contributed by atoms with E-state index in [4.69, 9.17) is 0 Å². The lowest BCUT2D eigenvalue weighted by Gasteiger charge is -2.17. The van der Waals surface area contributed by atoms with E-state index in [9.17, 15) is 4.79 Å². The fraction of sp³-hybridized carbons (Fsp3) is 0.250. The van der Waals surface area contributed by atoms with Crippen LogP contribution in [-0.2, 0) is 0 Å². The summed E-state index contributed by atoms with van der Waals surface area (Å²) in [5, 5.41) is 19.1. The molecule has 1 aromatic carbocycles. The number of thiophene rings is 1. The van der Waals surface area contributed by atoms with Gasteiger partial charge in [-0.05, 0) is 29.1 Å². The van der Waals surface area contributed by atoms with Crippen LogP contribution in [0.4, 0.5) is 0 Å². The van der Waals surface area contributed by atoms with Gasteiger partial charge < -0.3 is 5.32 Å². The number of aromatic nitrogens is 4. The zero-order valence-electron chi connectivity index (χ0n) is 12.7. The highest BCUT2D eigenvalue weighted by Crippen LogP contribution is 2.25. The molecule has 0 aliphatic carbocycles. The molecule has 6 nitrogen and oxygen atoms in total. The maximum absolute atomic E-state index is 12.7. The summed E-state index contributed by atoms with van der Waals surface area (Å²) in [6, 6.07) is 11.4. The van der Waals surface area contributed by atoms with Gasteiger partial charge in [-0.3, -0.25) is 4.79 Å². The van der Waals surface area contributed by atoms with E-state index in [1.54, 1.807) is 17.4 Å². The molecule has 118 valence electrons. The zero-order chi connectivity index (χ0) is 16.1. The number of nitrogens with one attached hydrogen (secondary N) is 2. The molecule has 1 unspecified atom stereocenters. The summed E-state index contributed by atoms with van der Waals surface area (Å²) < 4.78 is 0. The second kappa shape index (κ2) is 7.15. The van der Waals surface area contributed by atoms with Gasteiger partial charge in [-0.25, -0.2) is 0 Å². The van der Waals surface area contributed by atoms with Gasteiger partial charge in [0.05, 0.1) is 11.6 Å². The van der Waals surface area contributed by atoms with Crippen LogP contribution in [0.1, 0.15) is 41.0 Å². The van der Waals surface area contributed by atoms with E-state index in [1.165, 1.54) is 0 Å². The minimum Gasteiger partial charge on any atom is -0.344 e. The molecule has 0 spiro atoms. The number of tetrazole rings is 1.